The third kappa shape index (κ3) is 4.43. The van der Waals surface area contributed by atoms with Gasteiger partial charge in [0.05, 0.1) is 23.3 Å². The standard InChI is InChI=1S/C15H16N4O5S/c20-13-6-18(7-13)14-17-11(9-25-14)5-16-15(21)24-8-10-1-3-12(4-2-10)19(22)23/h1-4,9,13,20H,5-8H2,(H,16,21). The molecule has 0 aliphatic carbocycles. The molecule has 1 fully saturated rings. The SMILES string of the molecule is O=C(NCc1csc(N2CC(O)C2)n1)OCc1ccc([N+](=O)[O-])cc1. The lowest BCUT2D eigenvalue weighted by Crippen LogP contribution is -2.50. The molecular weight excluding hydrogens is 348 g/mol. The van der Waals surface area contributed by atoms with Crippen molar-refractivity contribution in [3.63, 3.8) is 0 Å². The number of nitrogens with zero attached hydrogens (tertiary/aromatic N) is 3. The highest BCUT2D eigenvalue weighted by Crippen LogP contribution is 2.25. The number of hydrogen-bond acceptors (Lipinski definition) is 8. The van der Waals surface area contributed by atoms with E-state index in [9.17, 15) is 20.0 Å². The molecule has 1 aromatic carbocycles. The first-order chi connectivity index (χ1) is 12.0. The number of carbonyl (C=O) groups excluding carboxylic acids is 1. The van der Waals surface area contributed by atoms with E-state index in [0.29, 0.717) is 24.3 Å². The van der Waals surface area contributed by atoms with E-state index in [1.807, 2.05) is 10.3 Å². The number of thiazole rings is 1. The summed E-state index contributed by atoms with van der Waals surface area (Å²) in [6.45, 7) is 1.43. The fourth-order valence-electron chi connectivity index (χ4n) is 2.21. The van der Waals surface area contributed by atoms with Crippen molar-refractivity contribution in [2.24, 2.45) is 0 Å². The molecular formula is C15H16N4O5S. The van der Waals surface area contributed by atoms with E-state index >= 15 is 0 Å². The number of β-amino-alcohol motifs (C(OH)–C–C–N with tert-alkyl or cyclic N) is 1. The lowest BCUT2D eigenvalue weighted by atomic mass is 10.2. The molecule has 2 aromatic rings. The Morgan fingerprint density at radius 1 is 1.44 bits per heavy atom. The van der Waals surface area contributed by atoms with E-state index < -0.39 is 11.0 Å². The maximum atomic E-state index is 11.7. The molecule has 1 aromatic heterocycles. The minimum Gasteiger partial charge on any atom is -0.445 e. The van der Waals surface area contributed by atoms with Gasteiger partial charge in [-0.25, -0.2) is 9.78 Å². The molecule has 0 unspecified atom stereocenters. The van der Waals surface area contributed by atoms with Crippen LogP contribution in [0.3, 0.4) is 0 Å². The zero-order chi connectivity index (χ0) is 17.8. The lowest BCUT2D eigenvalue weighted by molar-refractivity contribution is -0.384. The molecule has 2 N–H and O–H groups in total. The molecule has 25 heavy (non-hydrogen) atoms. The number of anilines is 1. The molecule has 0 spiro atoms. The summed E-state index contributed by atoms with van der Waals surface area (Å²) in [4.78, 5) is 28.1. The van der Waals surface area contributed by atoms with E-state index in [4.69, 9.17) is 4.74 Å². The Balaban J connectivity index is 1.41. The zero-order valence-electron chi connectivity index (χ0n) is 13.1. The molecule has 10 heteroatoms. The summed E-state index contributed by atoms with van der Waals surface area (Å²) < 4.78 is 5.06. The number of aliphatic hydroxyl groups is 1. The number of alkyl carbamates (subject to hydrolysis) is 1. The maximum Gasteiger partial charge on any atom is 0.407 e. The molecule has 0 bridgehead atoms. The van der Waals surface area contributed by atoms with Gasteiger partial charge in [0.15, 0.2) is 5.13 Å². The van der Waals surface area contributed by atoms with Crippen LogP contribution in [0.5, 0.6) is 0 Å². The van der Waals surface area contributed by atoms with Crippen molar-refractivity contribution in [2.45, 2.75) is 19.3 Å². The first-order valence-electron chi connectivity index (χ1n) is 7.52. The Morgan fingerprint density at radius 3 is 2.80 bits per heavy atom. The Hall–Kier alpha value is -2.72. The summed E-state index contributed by atoms with van der Waals surface area (Å²) >= 11 is 1.46. The van der Waals surface area contributed by atoms with Gasteiger partial charge in [0, 0.05) is 30.6 Å². The molecule has 2 heterocycles. The minimum absolute atomic E-state index is 0.0118. The number of non-ortho nitro benzene ring substituents is 1. The summed E-state index contributed by atoms with van der Waals surface area (Å²) in [7, 11) is 0. The Morgan fingerprint density at radius 2 is 2.16 bits per heavy atom. The molecule has 1 saturated heterocycles. The number of aliphatic hydroxyl groups excluding tert-OH is 1. The first-order valence-corrected chi connectivity index (χ1v) is 8.40. The lowest BCUT2D eigenvalue weighted by Gasteiger charge is -2.35. The van der Waals surface area contributed by atoms with Crippen LogP contribution in [-0.4, -0.2) is 40.3 Å². The Labute approximate surface area is 147 Å². The smallest absolute Gasteiger partial charge is 0.407 e. The third-order valence-electron chi connectivity index (χ3n) is 3.60. The van der Waals surface area contributed by atoms with Crippen molar-refractivity contribution in [3.05, 3.63) is 51.0 Å². The first kappa shape index (κ1) is 17.1. The Kier molecular flexibility index (Phi) is 5.10. The van der Waals surface area contributed by atoms with E-state index in [2.05, 4.69) is 10.3 Å². The van der Waals surface area contributed by atoms with Crippen molar-refractivity contribution < 1.29 is 19.6 Å². The van der Waals surface area contributed by atoms with Crippen LogP contribution in [0, 0.1) is 10.1 Å². The van der Waals surface area contributed by atoms with E-state index in [1.165, 1.54) is 23.5 Å². The van der Waals surface area contributed by atoms with Crippen molar-refractivity contribution in [1.29, 1.82) is 0 Å². The number of ether oxygens (including phenoxy) is 1. The Bertz CT molecular complexity index is 758. The molecule has 3 rings (SSSR count). The van der Waals surface area contributed by atoms with Crippen molar-refractivity contribution in [2.75, 3.05) is 18.0 Å². The summed E-state index contributed by atoms with van der Waals surface area (Å²) in [6, 6.07) is 5.81. The van der Waals surface area contributed by atoms with Gasteiger partial charge in [0.1, 0.15) is 6.61 Å². The van der Waals surface area contributed by atoms with Gasteiger partial charge in [-0.05, 0) is 17.7 Å². The number of aromatic nitrogens is 1. The average molecular weight is 364 g/mol. The van der Waals surface area contributed by atoms with Gasteiger partial charge in [-0.2, -0.15) is 0 Å². The third-order valence-corrected chi connectivity index (χ3v) is 4.55. The molecule has 1 amide bonds. The van der Waals surface area contributed by atoms with Gasteiger partial charge in [0.2, 0.25) is 0 Å². The number of hydrogen-bond donors (Lipinski definition) is 2. The van der Waals surface area contributed by atoms with Gasteiger partial charge in [0.25, 0.3) is 5.69 Å². The minimum atomic E-state index is -0.590. The maximum absolute atomic E-state index is 11.7. The topological polar surface area (TPSA) is 118 Å². The zero-order valence-corrected chi connectivity index (χ0v) is 13.9. The molecule has 0 saturated carbocycles. The molecule has 0 atom stereocenters. The predicted molar refractivity (Wildman–Crippen MR) is 90.5 cm³/mol. The van der Waals surface area contributed by atoms with Gasteiger partial charge < -0.3 is 20.1 Å². The quantitative estimate of drug-likeness (QED) is 0.591. The fraction of sp³-hybridized carbons (Fsp3) is 0.333. The summed E-state index contributed by atoms with van der Waals surface area (Å²) in [6.07, 6.45) is -0.882. The monoisotopic (exact) mass is 364 g/mol. The largest absolute Gasteiger partial charge is 0.445 e. The van der Waals surface area contributed by atoms with Crippen LogP contribution < -0.4 is 10.2 Å². The van der Waals surface area contributed by atoms with Crippen LogP contribution in [-0.2, 0) is 17.9 Å². The van der Waals surface area contributed by atoms with Crippen LogP contribution in [0.4, 0.5) is 15.6 Å². The normalized spacial score (nSPS) is 14.0. The number of nitro benzene ring substituents is 1. The highest BCUT2D eigenvalue weighted by Gasteiger charge is 2.26. The number of nitro groups is 1. The van der Waals surface area contributed by atoms with Crippen molar-refractivity contribution in [3.8, 4) is 0 Å². The van der Waals surface area contributed by atoms with Crippen LogP contribution in [0.1, 0.15) is 11.3 Å². The summed E-state index contributed by atoms with van der Waals surface area (Å²) in [5.41, 5.74) is 1.36. The summed E-state index contributed by atoms with van der Waals surface area (Å²) in [5.74, 6) is 0. The predicted octanol–water partition coefficient (Wildman–Crippen LogP) is 1.66. The van der Waals surface area contributed by atoms with Crippen LogP contribution in [0.15, 0.2) is 29.6 Å². The second kappa shape index (κ2) is 7.45. The van der Waals surface area contributed by atoms with Crippen LogP contribution >= 0.6 is 11.3 Å². The number of nitrogens with one attached hydrogen (secondary N) is 1. The number of carbonyl (C=O) groups is 1. The molecule has 0 radical (unpaired) electrons. The number of benzene rings is 1. The van der Waals surface area contributed by atoms with Gasteiger partial charge in [-0.15, -0.1) is 11.3 Å². The van der Waals surface area contributed by atoms with E-state index in [0.717, 1.165) is 5.13 Å². The highest BCUT2D eigenvalue weighted by atomic mass is 32.1. The fourth-order valence-corrected chi connectivity index (χ4v) is 3.06. The summed E-state index contributed by atoms with van der Waals surface area (Å²) in [5, 5.41) is 25.1. The van der Waals surface area contributed by atoms with Crippen LogP contribution in [0.2, 0.25) is 0 Å². The van der Waals surface area contributed by atoms with E-state index in [-0.39, 0.29) is 24.9 Å². The number of amides is 1. The second-order valence-electron chi connectivity index (χ2n) is 5.53. The molecule has 132 valence electrons. The van der Waals surface area contributed by atoms with E-state index in [1.54, 1.807) is 12.1 Å². The van der Waals surface area contributed by atoms with Crippen molar-refractivity contribution >= 4 is 28.2 Å². The second-order valence-corrected chi connectivity index (χ2v) is 6.37. The molecule has 9 nitrogen and oxygen atoms in total. The van der Waals surface area contributed by atoms with Gasteiger partial charge in [-0.3, -0.25) is 10.1 Å². The molecule has 1 aliphatic heterocycles. The van der Waals surface area contributed by atoms with Crippen molar-refractivity contribution in [1.82, 2.24) is 10.3 Å². The van der Waals surface area contributed by atoms with Crippen LogP contribution in [0.25, 0.3) is 0 Å². The highest BCUT2D eigenvalue weighted by molar-refractivity contribution is 7.13. The number of rotatable bonds is 6. The average Bonchev–Trinajstić information content (AvgIpc) is 3.04. The van der Waals surface area contributed by atoms with Gasteiger partial charge >= 0.3 is 6.09 Å². The molecule has 1 aliphatic rings. The van der Waals surface area contributed by atoms with Gasteiger partial charge in [-0.1, -0.05) is 0 Å².